The maximum absolute atomic E-state index is 4.75. The fraction of sp³-hybridized carbons (Fsp3) is 0. The number of hydrogen-bond acceptors (Lipinski definition) is 2. The minimum atomic E-state index is 1.06. The summed E-state index contributed by atoms with van der Waals surface area (Å²) in [6.45, 7) is 0. The standard InChI is InChI=1S/C31H19NS/c1-2-14-27-26(11-1)30-25(13-5-15-28(30)33-27)23-9-3-8-22(19-23)24-12-4-7-20-16-17-21-10-6-18-32-31(21)29(20)24/h1-19H. The van der Waals surface area contributed by atoms with Gasteiger partial charge in [-0.1, -0.05) is 84.9 Å². The molecule has 2 aromatic heterocycles. The second-order valence-electron chi connectivity index (χ2n) is 8.40. The molecular weight excluding hydrogens is 418 g/mol. The van der Waals surface area contributed by atoms with E-state index >= 15 is 0 Å². The van der Waals surface area contributed by atoms with Gasteiger partial charge >= 0.3 is 0 Å². The summed E-state index contributed by atoms with van der Waals surface area (Å²) in [7, 11) is 0. The Kier molecular flexibility index (Phi) is 4.08. The Morgan fingerprint density at radius 2 is 1.21 bits per heavy atom. The van der Waals surface area contributed by atoms with Gasteiger partial charge in [0.15, 0.2) is 0 Å². The minimum Gasteiger partial charge on any atom is -0.256 e. The van der Waals surface area contributed by atoms with Crippen molar-refractivity contribution < 1.29 is 0 Å². The highest BCUT2D eigenvalue weighted by atomic mass is 32.1. The van der Waals surface area contributed by atoms with E-state index in [9.17, 15) is 0 Å². The number of pyridine rings is 1. The monoisotopic (exact) mass is 437 g/mol. The van der Waals surface area contributed by atoms with Crippen LogP contribution < -0.4 is 0 Å². The Morgan fingerprint density at radius 3 is 2.12 bits per heavy atom. The summed E-state index contributed by atoms with van der Waals surface area (Å²) in [5, 5.41) is 6.28. The van der Waals surface area contributed by atoms with Gasteiger partial charge in [-0.15, -0.1) is 11.3 Å². The maximum Gasteiger partial charge on any atom is 0.0786 e. The van der Waals surface area contributed by atoms with Gasteiger partial charge in [-0.2, -0.15) is 0 Å². The van der Waals surface area contributed by atoms with Crippen molar-refractivity contribution in [3.05, 3.63) is 115 Å². The van der Waals surface area contributed by atoms with E-state index in [1.165, 1.54) is 58.6 Å². The van der Waals surface area contributed by atoms with Crippen LogP contribution in [-0.2, 0) is 0 Å². The summed E-state index contributed by atoms with van der Waals surface area (Å²) in [6.07, 6.45) is 1.89. The van der Waals surface area contributed by atoms with Gasteiger partial charge in [0.1, 0.15) is 0 Å². The lowest BCUT2D eigenvalue weighted by Gasteiger charge is -2.12. The SMILES string of the molecule is c1cc(-c2cccc3sc4ccccc4c23)cc(-c2cccc3ccc4cccnc4c23)c1. The van der Waals surface area contributed by atoms with Crippen molar-refractivity contribution in [2.75, 3.05) is 0 Å². The lowest BCUT2D eigenvalue weighted by molar-refractivity contribution is 1.43. The number of fused-ring (bicyclic) bond motifs is 6. The first-order valence-corrected chi connectivity index (χ1v) is 12.0. The third-order valence-corrected chi connectivity index (χ3v) is 7.64. The van der Waals surface area contributed by atoms with E-state index in [4.69, 9.17) is 4.98 Å². The van der Waals surface area contributed by atoms with Crippen LogP contribution in [-0.4, -0.2) is 4.98 Å². The summed E-state index contributed by atoms with van der Waals surface area (Å²) in [5.74, 6) is 0. The highest BCUT2D eigenvalue weighted by Crippen LogP contribution is 2.41. The third-order valence-electron chi connectivity index (χ3n) is 6.50. The van der Waals surface area contributed by atoms with Crippen molar-refractivity contribution in [1.29, 1.82) is 0 Å². The molecule has 5 aromatic carbocycles. The molecule has 0 atom stereocenters. The summed E-state index contributed by atoms with van der Waals surface area (Å²) in [6, 6.07) is 39.4. The van der Waals surface area contributed by atoms with Crippen LogP contribution in [0.3, 0.4) is 0 Å². The van der Waals surface area contributed by atoms with Crippen LogP contribution in [0.1, 0.15) is 0 Å². The Bertz CT molecular complexity index is 1830. The highest BCUT2D eigenvalue weighted by Gasteiger charge is 2.13. The van der Waals surface area contributed by atoms with E-state index in [1.54, 1.807) is 0 Å². The zero-order valence-electron chi connectivity index (χ0n) is 17.8. The lowest BCUT2D eigenvalue weighted by Crippen LogP contribution is -1.87. The van der Waals surface area contributed by atoms with Gasteiger partial charge in [0.25, 0.3) is 0 Å². The van der Waals surface area contributed by atoms with Crippen LogP contribution in [0.25, 0.3) is 64.1 Å². The van der Waals surface area contributed by atoms with Gasteiger partial charge in [0, 0.05) is 37.1 Å². The van der Waals surface area contributed by atoms with Gasteiger partial charge in [-0.25, -0.2) is 0 Å². The van der Waals surface area contributed by atoms with E-state index in [0.717, 1.165) is 5.52 Å². The first-order chi connectivity index (χ1) is 16.4. The molecule has 0 bridgehead atoms. The zero-order valence-corrected chi connectivity index (χ0v) is 18.6. The average molecular weight is 438 g/mol. The summed E-state index contributed by atoms with van der Waals surface area (Å²) in [4.78, 5) is 4.75. The van der Waals surface area contributed by atoms with Crippen molar-refractivity contribution in [3.63, 3.8) is 0 Å². The predicted octanol–water partition coefficient (Wildman–Crippen LogP) is 9.09. The quantitative estimate of drug-likeness (QED) is 0.246. The van der Waals surface area contributed by atoms with Crippen LogP contribution >= 0.6 is 11.3 Å². The molecule has 2 heteroatoms. The van der Waals surface area contributed by atoms with Crippen LogP contribution in [0, 0.1) is 0 Å². The van der Waals surface area contributed by atoms with Crippen molar-refractivity contribution in [2.24, 2.45) is 0 Å². The zero-order chi connectivity index (χ0) is 21.8. The van der Waals surface area contributed by atoms with Crippen LogP contribution in [0.4, 0.5) is 0 Å². The second-order valence-corrected chi connectivity index (χ2v) is 9.49. The molecule has 154 valence electrons. The van der Waals surface area contributed by atoms with E-state index in [1.807, 2.05) is 23.6 Å². The second kappa shape index (κ2) is 7.26. The lowest BCUT2D eigenvalue weighted by atomic mass is 9.93. The smallest absolute Gasteiger partial charge is 0.0786 e. The Balaban J connectivity index is 1.50. The summed E-state index contributed by atoms with van der Waals surface area (Å²) < 4.78 is 2.67. The molecule has 0 aliphatic heterocycles. The summed E-state index contributed by atoms with van der Waals surface area (Å²) >= 11 is 1.87. The first kappa shape index (κ1) is 18.6. The average Bonchev–Trinajstić information content (AvgIpc) is 3.27. The molecule has 0 amide bonds. The van der Waals surface area contributed by atoms with Gasteiger partial charge in [-0.05, 0) is 51.9 Å². The first-order valence-electron chi connectivity index (χ1n) is 11.1. The number of hydrogen-bond donors (Lipinski definition) is 0. The van der Waals surface area contributed by atoms with Crippen molar-refractivity contribution >= 4 is 53.2 Å². The van der Waals surface area contributed by atoms with E-state index in [2.05, 4.69) is 103 Å². The Hall–Kier alpha value is -4.01. The third kappa shape index (κ3) is 2.88. The molecule has 0 fully saturated rings. The molecule has 0 saturated heterocycles. The summed E-state index contributed by atoms with van der Waals surface area (Å²) in [5.41, 5.74) is 6.03. The van der Waals surface area contributed by atoms with Gasteiger partial charge < -0.3 is 0 Å². The number of rotatable bonds is 2. The van der Waals surface area contributed by atoms with E-state index in [0.29, 0.717) is 0 Å². The molecule has 0 saturated carbocycles. The van der Waals surface area contributed by atoms with Crippen LogP contribution in [0.15, 0.2) is 115 Å². The maximum atomic E-state index is 4.75. The molecule has 33 heavy (non-hydrogen) atoms. The normalized spacial score (nSPS) is 11.6. The molecule has 0 N–H and O–H groups in total. The molecule has 0 spiro atoms. The fourth-order valence-corrected chi connectivity index (χ4v) is 6.16. The van der Waals surface area contributed by atoms with Crippen LogP contribution in [0.2, 0.25) is 0 Å². The van der Waals surface area contributed by atoms with Crippen molar-refractivity contribution in [3.8, 4) is 22.3 Å². The molecule has 0 aliphatic carbocycles. The number of thiophene rings is 1. The largest absolute Gasteiger partial charge is 0.256 e. The minimum absolute atomic E-state index is 1.06. The van der Waals surface area contributed by atoms with Gasteiger partial charge in [0.05, 0.1) is 5.52 Å². The van der Waals surface area contributed by atoms with Gasteiger partial charge in [-0.3, -0.25) is 4.98 Å². The Morgan fingerprint density at radius 1 is 0.515 bits per heavy atom. The molecule has 7 rings (SSSR count). The predicted molar refractivity (Wildman–Crippen MR) is 143 cm³/mol. The fourth-order valence-electron chi connectivity index (χ4n) is 5.02. The van der Waals surface area contributed by atoms with E-state index < -0.39 is 0 Å². The van der Waals surface area contributed by atoms with Crippen LogP contribution in [0.5, 0.6) is 0 Å². The van der Waals surface area contributed by atoms with Crippen molar-refractivity contribution in [1.82, 2.24) is 4.98 Å². The molecule has 0 radical (unpaired) electrons. The topological polar surface area (TPSA) is 12.9 Å². The molecule has 2 heterocycles. The molecule has 1 nitrogen and oxygen atoms in total. The number of benzene rings is 5. The number of aromatic nitrogens is 1. The van der Waals surface area contributed by atoms with Crippen molar-refractivity contribution in [2.45, 2.75) is 0 Å². The van der Waals surface area contributed by atoms with Gasteiger partial charge in [0.2, 0.25) is 0 Å². The number of nitrogens with zero attached hydrogens (tertiary/aromatic N) is 1. The van der Waals surface area contributed by atoms with E-state index in [-0.39, 0.29) is 0 Å². The molecule has 7 aromatic rings. The highest BCUT2D eigenvalue weighted by molar-refractivity contribution is 7.25. The molecule has 0 unspecified atom stereocenters. The Labute approximate surface area is 195 Å². The molecule has 0 aliphatic rings. The molecular formula is C31H19NS.